The highest BCUT2D eigenvalue weighted by atomic mass is 16.5. The number of aromatic carboxylic acids is 1. The molecule has 2 rings (SSSR count). The molecule has 0 spiro atoms. The number of ether oxygens (including phenoxy) is 1. The Hall–Kier alpha value is -3.02. The summed E-state index contributed by atoms with van der Waals surface area (Å²) in [5, 5.41) is 21.0. The van der Waals surface area contributed by atoms with Crippen LogP contribution in [0.15, 0.2) is 36.4 Å². The molecule has 0 saturated heterocycles. The maximum atomic E-state index is 11.9. The summed E-state index contributed by atoms with van der Waals surface area (Å²) in [7, 11) is 0. The third-order valence-corrected chi connectivity index (χ3v) is 3.43. The van der Waals surface area contributed by atoms with E-state index in [-0.39, 0.29) is 23.6 Å². The molecule has 120 valence electrons. The minimum absolute atomic E-state index is 0.0273. The fourth-order valence-corrected chi connectivity index (χ4v) is 1.98. The maximum absolute atomic E-state index is 11.9. The fraction of sp³-hybridized carbons (Fsp3) is 0.176. The molecule has 0 unspecified atom stereocenters. The van der Waals surface area contributed by atoms with E-state index in [0.29, 0.717) is 5.75 Å². The Morgan fingerprint density at radius 2 is 1.91 bits per heavy atom. The first-order valence-electron chi connectivity index (χ1n) is 6.93. The van der Waals surface area contributed by atoms with Crippen molar-refractivity contribution in [2.45, 2.75) is 13.8 Å². The van der Waals surface area contributed by atoms with Crippen molar-refractivity contribution in [3.8, 4) is 11.5 Å². The molecule has 3 N–H and O–H groups in total. The van der Waals surface area contributed by atoms with Crippen LogP contribution in [0, 0.1) is 13.8 Å². The standard InChI is InChI=1S/C17H17NO5/c1-10-4-3-5-15(11(10)2)23-9-16(20)18-13-8-12(17(21)22)6-7-14(13)19/h3-8,19H,9H2,1-2H3,(H,18,20)(H,21,22). The summed E-state index contributed by atoms with van der Waals surface area (Å²) in [6.45, 7) is 3.59. The van der Waals surface area contributed by atoms with Gasteiger partial charge in [0.05, 0.1) is 11.3 Å². The number of rotatable bonds is 5. The lowest BCUT2D eigenvalue weighted by Crippen LogP contribution is -2.20. The first kappa shape index (κ1) is 16.4. The van der Waals surface area contributed by atoms with Crippen LogP contribution in [-0.4, -0.2) is 28.7 Å². The average Bonchev–Trinajstić information content (AvgIpc) is 2.50. The molecule has 0 aliphatic rings. The molecule has 0 fully saturated rings. The first-order chi connectivity index (χ1) is 10.9. The molecule has 0 aromatic heterocycles. The van der Waals surface area contributed by atoms with Crippen LogP contribution in [0.5, 0.6) is 11.5 Å². The molecular weight excluding hydrogens is 298 g/mol. The molecule has 0 bridgehead atoms. The van der Waals surface area contributed by atoms with Gasteiger partial charge in [0.25, 0.3) is 5.91 Å². The van der Waals surface area contributed by atoms with E-state index in [1.807, 2.05) is 26.0 Å². The van der Waals surface area contributed by atoms with Gasteiger partial charge in [-0.05, 0) is 49.2 Å². The molecule has 6 nitrogen and oxygen atoms in total. The van der Waals surface area contributed by atoms with E-state index in [1.165, 1.54) is 18.2 Å². The zero-order valence-corrected chi connectivity index (χ0v) is 12.8. The number of carboxylic acids is 1. The van der Waals surface area contributed by atoms with Gasteiger partial charge < -0.3 is 20.3 Å². The van der Waals surface area contributed by atoms with E-state index < -0.39 is 11.9 Å². The quantitative estimate of drug-likeness (QED) is 0.737. The number of aromatic hydroxyl groups is 1. The normalized spacial score (nSPS) is 10.2. The molecule has 0 radical (unpaired) electrons. The third-order valence-electron chi connectivity index (χ3n) is 3.43. The predicted octanol–water partition coefficient (Wildman–Crippen LogP) is 2.72. The van der Waals surface area contributed by atoms with Gasteiger partial charge in [-0.2, -0.15) is 0 Å². The lowest BCUT2D eigenvalue weighted by Gasteiger charge is -2.12. The van der Waals surface area contributed by atoms with Gasteiger partial charge in [0.15, 0.2) is 6.61 Å². The number of aryl methyl sites for hydroxylation is 1. The van der Waals surface area contributed by atoms with E-state index in [9.17, 15) is 14.7 Å². The number of phenols is 1. The summed E-state index contributed by atoms with van der Waals surface area (Å²) in [6, 6.07) is 9.19. The number of benzene rings is 2. The van der Waals surface area contributed by atoms with Crippen LogP contribution in [0.4, 0.5) is 5.69 Å². The van der Waals surface area contributed by atoms with Gasteiger partial charge in [-0.25, -0.2) is 4.79 Å². The number of amides is 1. The van der Waals surface area contributed by atoms with Crippen LogP contribution in [0.1, 0.15) is 21.5 Å². The van der Waals surface area contributed by atoms with Gasteiger partial charge in [-0.1, -0.05) is 12.1 Å². The Bertz CT molecular complexity index is 755. The number of carbonyl (C=O) groups excluding carboxylic acids is 1. The van der Waals surface area contributed by atoms with Crippen LogP contribution in [0.3, 0.4) is 0 Å². The topological polar surface area (TPSA) is 95.9 Å². The predicted molar refractivity (Wildman–Crippen MR) is 85.1 cm³/mol. The summed E-state index contributed by atoms with van der Waals surface area (Å²) in [5.41, 5.74) is 1.98. The summed E-state index contributed by atoms with van der Waals surface area (Å²) in [4.78, 5) is 22.8. The largest absolute Gasteiger partial charge is 0.506 e. The van der Waals surface area contributed by atoms with Crippen molar-refractivity contribution in [2.24, 2.45) is 0 Å². The highest BCUT2D eigenvalue weighted by Gasteiger charge is 2.12. The Labute approximate surface area is 133 Å². The SMILES string of the molecule is Cc1cccc(OCC(=O)Nc2cc(C(=O)O)ccc2O)c1C. The number of carbonyl (C=O) groups is 2. The van der Waals surface area contributed by atoms with Gasteiger partial charge in [0, 0.05) is 0 Å². The van der Waals surface area contributed by atoms with Gasteiger partial charge in [0.2, 0.25) is 0 Å². The molecule has 0 aliphatic carbocycles. The van der Waals surface area contributed by atoms with Gasteiger partial charge in [0.1, 0.15) is 11.5 Å². The highest BCUT2D eigenvalue weighted by molar-refractivity contribution is 5.96. The minimum Gasteiger partial charge on any atom is -0.506 e. The molecule has 0 atom stereocenters. The van der Waals surface area contributed by atoms with Crippen molar-refractivity contribution >= 4 is 17.6 Å². The van der Waals surface area contributed by atoms with E-state index >= 15 is 0 Å². The highest BCUT2D eigenvalue weighted by Crippen LogP contribution is 2.24. The monoisotopic (exact) mass is 315 g/mol. The zero-order valence-electron chi connectivity index (χ0n) is 12.8. The average molecular weight is 315 g/mol. The van der Waals surface area contributed by atoms with Crippen molar-refractivity contribution in [1.29, 1.82) is 0 Å². The van der Waals surface area contributed by atoms with Crippen molar-refractivity contribution in [2.75, 3.05) is 11.9 Å². The second-order valence-corrected chi connectivity index (χ2v) is 5.07. The summed E-state index contributed by atoms with van der Waals surface area (Å²) >= 11 is 0. The van der Waals surface area contributed by atoms with Crippen LogP contribution in [-0.2, 0) is 4.79 Å². The number of phenolic OH excluding ortho intramolecular Hbond substituents is 1. The lowest BCUT2D eigenvalue weighted by atomic mass is 10.1. The number of hydrogen-bond donors (Lipinski definition) is 3. The third kappa shape index (κ3) is 4.00. The molecule has 6 heteroatoms. The minimum atomic E-state index is -1.15. The molecular formula is C17H17NO5. The van der Waals surface area contributed by atoms with E-state index in [4.69, 9.17) is 9.84 Å². The Kier molecular flexibility index (Phi) is 4.85. The van der Waals surface area contributed by atoms with Gasteiger partial charge >= 0.3 is 5.97 Å². The Balaban J connectivity index is 2.04. The molecule has 23 heavy (non-hydrogen) atoms. The van der Waals surface area contributed by atoms with Crippen LogP contribution in [0.25, 0.3) is 0 Å². The van der Waals surface area contributed by atoms with Crippen LogP contribution >= 0.6 is 0 Å². The molecule has 0 heterocycles. The summed E-state index contributed by atoms with van der Waals surface area (Å²) in [6.07, 6.45) is 0. The van der Waals surface area contributed by atoms with Crippen molar-refractivity contribution in [1.82, 2.24) is 0 Å². The van der Waals surface area contributed by atoms with E-state index in [1.54, 1.807) is 6.07 Å². The number of carboxylic acid groups (broad SMARTS) is 1. The van der Waals surface area contributed by atoms with Crippen LogP contribution < -0.4 is 10.1 Å². The zero-order chi connectivity index (χ0) is 17.0. The van der Waals surface area contributed by atoms with Crippen molar-refractivity contribution < 1.29 is 24.5 Å². The second-order valence-electron chi connectivity index (χ2n) is 5.07. The second kappa shape index (κ2) is 6.83. The Morgan fingerprint density at radius 3 is 2.61 bits per heavy atom. The molecule has 0 saturated carbocycles. The number of anilines is 1. The smallest absolute Gasteiger partial charge is 0.335 e. The molecule has 0 aliphatic heterocycles. The lowest BCUT2D eigenvalue weighted by molar-refractivity contribution is -0.118. The first-order valence-corrected chi connectivity index (χ1v) is 6.93. The van der Waals surface area contributed by atoms with Crippen molar-refractivity contribution in [3.63, 3.8) is 0 Å². The molecule has 1 amide bonds. The summed E-state index contributed by atoms with van der Waals surface area (Å²) in [5.74, 6) is -1.25. The van der Waals surface area contributed by atoms with Crippen LogP contribution in [0.2, 0.25) is 0 Å². The van der Waals surface area contributed by atoms with E-state index in [2.05, 4.69) is 5.32 Å². The maximum Gasteiger partial charge on any atom is 0.335 e. The van der Waals surface area contributed by atoms with Crippen molar-refractivity contribution in [3.05, 3.63) is 53.1 Å². The number of nitrogens with one attached hydrogen (secondary N) is 1. The number of hydrogen-bond acceptors (Lipinski definition) is 4. The Morgan fingerprint density at radius 1 is 1.17 bits per heavy atom. The van der Waals surface area contributed by atoms with Gasteiger partial charge in [-0.15, -0.1) is 0 Å². The van der Waals surface area contributed by atoms with Gasteiger partial charge in [-0.3, -0.25) is 4.79 Å². The summed E-state index contributed by atoms with van der Waals surface area (Å²) < 4.78 is 5.46. The van der Waals surface area contributed by atoms with E-state index in [0.717, 1.165) is 11.1 Å². The molecule has 2 aromatic rings. The fourth-order valence-electron chi connectivity index (χ4n) is 1.98. The molecule has 2 aromatic carbocycles.